The van der Waals surface area contributed by atoms with E-state index in [0.717, 1.165) is 35.8 Å². The van der Waals surface area contributed by atoms with Crippen LogP contribution in [0.25, 0.3) is 0 Å². The molecule has 0 radical (unpaired) electrons. The summed E-state index contributed by atoms with van der Waals surface area (Å²) in [6.07, 6.45) is 1.63. The predicted octanol–water partition coefficient (Wildman–Crippen LogP) is 2.79. The van der Waals surface area contributed by atoms with E-state index in [0.29, 0.717) is 0 Å². The molecule has 21 heavy (non-hydrogen) atoms. The number of hydrogen-bond donors (Lipinski definition) is 2. The second-order valence-corrected chi connectivity index (χ2v) is 5.74. The van der Waals surface area contributed by atoms with Crippen LogP contribution in [0.5, 0.6) is 0 Å². The Morgan fingerprint density at radius 2 is 2.00 bits per heavy atom. The highest BCUT2D eigenvalue weighted by Crippen LogP contribution is 2.22. The quantitative estimate of drug-likeness (QED) is 0.637. The van der Waals surface area contributed by atoms with E-state index in [1.54, 1.807) is 0 Å². The van der Waals surface area contributed by atoms with Gasteiger partial charge in [0.1, 0.15) is 0 Å². The zero-order valence-electron chi connectivity index (χ0n) is 12.9. The van der Waals surface area contributed by atoms with Crippen molar-refractivity contribution < 1.29 is 0 Å². The molecule has 1 unspecified atom stereocenters. The maximum absolute atomic E-state index is 6.38. The van der Waals surface area contributed by atoms with Gasteiger partial charge in [-0.25, -0.2) is 0 Å². The zero-order chi connectivity index (χ0) is 15.4. The maximum Gasteiger partial charge on any atom is 0.0847 e. The molecule has 1 aromatic carbocycles. The van der Waals surface area contributed by atoms with Crippen molar-refractivity contribution in [3.8, 4) is 0 Å². The summed E-state index contributed by atoms with van der Waals surface area (Å²) in [6.45, 7) is 6.93. The molecule has 1 atom stereocenters. The van der Waals surface area contributed by atoms with Crippen LogP contribution in [0.4, 0.5) is 0 Å². The number of benzene rings is 1. The Bertz CT molecular complexity index is 606. The number of aryl methyl sites for hydroxylation is 3. The minimum absolute atomic E-state index is 0.130. The summed E-state index contributed by atoms with van der Waals surface area (Å²) in [7, 11) is 0. The first kappa shape index (κ1) is 16.0. The van der Waals surface area contributed by atoms with Gasteiger partial charge in [-0.1, -0.05) is 35.9 Å². The number of hydrogen-bond acceptors (Lipinski definition) is 3. The lowest BCUT2D eigenvalue weighted by molar-refractivity contribution is 0.495. The van der Waals surface area contributed by atoms with Gasteiger partial charge in [-0.15, -0.1) is 0 Å². The summed E-state index contributed by atoms with van der Waals surface area (Å²) < 4.78 is 1.96. The molecular weight excluding hydrogens is 284 g/mol. The number of nitrogens with one attached hydrogen (secondary N) is 1. The van der Waals surface area contributed by atoms with Crippen molar-refractivity contribution >= 4 is 11.6 Å². The SMILES string of the molecule is CCn1nc(C)c(Cl)c1CC(Cc1ccccc1C)NN. The van der Waals surface area contributed by atoms with E-state index >= 15 is 0 Å². The van der Waals surface area contributed by atoms with E-state index in [2.05, 4.69) is 48.6 Å². The lowest BCUT2D eigenvalue weighted by Crippen LogP contribution is -2.39. The van der Waals surface area contributed by atoms with E-state index in [1.165, 1.54) is 11.1 Å². The Morgan fingerprint density at radius 3 is 2.62 bits per heavy atom. The van der Waals surface area contributed by atoms with Crippen LogP contribution < -0.4 is 11.3 Å². The molecule has 114 valence electrons. The normalized spacial score (nSPS) is 12.6. The monoisotopic (exact) mass is 306 g/mol. The third-order valence-electron chi connectivity index (χ3n) is 3.86. The Balaban J connectivity index is 2.18. The first-order chi connectivity index (χ1) is 10.1. The Hall–Kier alpha value is -1.36. The van der Waals surface area contributed by atoms with Crippen molar-refractivity contribution in [2.75, 3.05) is 0 Å². The molecule has 2 aromatic rings. The van der Waals surface area contributed by atoms with Crippen LogP contribution in [-0.2, 0) is 19.4 Å². The van der Waals surface area contributed by atoms with Gasteiger partial charge in [0, 0.05) is 19.0 Å². The molecule has 0 aliphatic heterocycles. The fourth-order valence-electron chi connectivity index (χ4n) is 2.59. The molecular formula is C16H23ClN4. The van der Waals surface area contributed by atoms with E-state index in [1.807, 2.05) is 11.6 Å². The molecule has 2 rings (SSSR count). The minimum atomic E-state index is 0.130. The van der Waals surface area contributed by atoms with Crippen molar-refractivity contribution in [2.45, 2.75) is 46.2 Å². The molecule has 0 fully saturated rings. The van der Waals surface area contributed by atoms with Crippen molar-refractivity contribution in [2.24, 2.45) is 5.84 Å². The second-order valence-electron chi connectivity index (χ2n) is 5.36. The molecule has 0 aliphatic carbocycles. The molecule has 0 bridgehead atoms. The topological polar surface area (TPSA) is 55.9 Å². The smallest absolute Gasteiger partial charge is 0.0847 e. The van der Waals surface area contributed by atoms with Gasteiger partial charge in [-0.2, -0.15) is 5.10 Å². The summed E-state index contributed by atoms with van der Waals surface area (Å²) in [5.41, 5.74) is 7.42. The van der Waals surface area contributed by atoms with Crippen molar-refractivity contribution in [1.29, 1.82) is 0 Å². The number of hydrazine groups is 1. The van der Waals surface area contributed by atoms with E-state index in [4.69, 9.17) is 17.4 Å². The Kier molecular flexibility index (Phi) is 5.39. The molecule has 1 aromatic heterocycles. The summed E-state index contributed by atoms with van der Waals surface area (Å²) in [6, 6.07) is 8.50. The van der Waals surface area contributed by atoms with Crippen LogP contribution in [-0.4, -0.2) is 15.8 Å². The van der Waals surface area contributed by atoms with Crippen molar-refractivity contribution in [3.63, 3.8) is 0 Å². The number of halogens is 1. The molecule has 3 N–H and O–H groups in total. The molecule has 1 heterocycles. The van der Waals surface area contributed by atoms with Gasteiger partial charge in [0.2, 0.25) is 0 Å². The molecule has 0 saturated heterocycles. The van der Waals surface area contributed by atoms with Gasteiger partial charge in [0.15, 0.2) is 0 Å². The van der Waals surface area contributed by atoms with Crippen molar-refractivity contribution in [3.05, 3.63) is 51.8 Å². The average molecular weight is 307 g/mol. The summed E-state index contributed by atoms with van der Waals surface area (Å²) in [5, 5.41) is 5.21. The van der Waals surface area contributed by atoms with Gasteiger partial charge in [0.25, 0.3) is 0 Å². The number of nitrogens with two attached hydrogens (primary N) is 1. The molecule has 0 amide bonds. The summed E-state index contributed by atoms with van der Waals surface area (Å²) in [4.78, 5) is 0. The van der Waals surface area contributed by atoms with Crippen LogP contribution >= 0.6 is 11.6 Å². The predicted molar refractivity (Wildman–Crippen MR) is 87.3 cm³/mol. The molecule has 0 saturated carbocycles. The van der Waals surface area contributed by atoms with Gasteiger partial charge in [0.05, 0.1) is 16.4 Å². The first-order valence-corrected chi connectivity index (χ1v) is 7.67. The number of aromatic nitrogens is 2. The van der Waals surface area contributed by atoms with Crippen LogP contribution in [0.2, 0.25) is 5.02 Å². The molecule has 0 aliphatic rings. The highest BCUT2D eigenvalue weighted by Gasteiger charge is 2.18. The maximum atomic E-state index is 6.38. The average Bonchev–Trinajstić information content (AvgIpc) is 2.76. The van der Waals surface area contributed by atoms with Crippen LogP contribution in [0, 0.1) is 13.8 Å². The fraction of sp³-hybridized carbons (Fsp3) is 0.438. The standard InChI is InChI=1S/C16H23ClN4/c1-4-21-15(16(17)12(3)20-21)10-14(19-18)9-13-8-6-5-7-11(13)2/h5-8,14,19H,4,9-10,18H2,1-3H3. The zero-order valence-corrected chi connectivity index (χ0v) is 13.6. The van der Waals surface area contributed by atoms with Crippen molar-refractivity contribution in [1.82, 2.24) is 15.2 Å². The van der Waals surface area contributed by atoms with Gasteiger partial charge in [-0.05, 0) is 38.3 Å². The third kappa shape index (κ3) is 3.64. The number of nitrogens with zero attached hydrogens (tertiary/aromatic N) is 2. The van der Waals surface area contributed by atoms with E-state index in [9.17, 15) is 0 Å². The molecule has 4 nitrogen and oxygen atoms in total. The highest BCUT2D eigenvalue weighted by atomic mass is 35.5. The largest absolute Gasteiger partial charge is 0.271 e. The van der Waals surface area contributed by atoms with Gasteiger partial charge in [-0.3, -0.25) is 16.0 Å². The fourth-order valence-corrected chi connectivity index (χ4v) is 2.80. The first-order valence-electron chi connectivity index (χ1n) is 7.29. The Labute approximate surface area is 131 Å². The van der Waals surface area contributed by atoms with Gasteiger partial charge < -0.3 is 0 Å². The van der Waals surface area contributed by atoms with E-state index in [-0.39, 0.29) is 6.04 Å². The Morgan fingerprint density at radius 1 is 1.29 bits per heavy atom. The van der Waals surface area contributed by atoms with Crippen LogP contribution in [0.1, 0.15) is 29.4 Å². The summed E-state index contributed by atoms with van der Waals surface area (Å²) >= 11 is 6.38. The summed E-state index contributed by atoms with van der Waals surface area (Å²) in [5.74, 6) is 5.74. The van der Waals surface area contributed by atoms with Crippen LogP contribution in [0.15, 0.2) is 24.3 Å². The van der Waals surface area contributed by atoms with Gasteiger partial charge >= 0.3 is 0 Å². The number of rotatable bonds is 6. The highest BCUT2D eigenvalue weighted by molar-refractivity contribution is 6.31. The molecule has 5 heteroatoms. The minimum Gasteiger partial charge on any atom is -0.271 e. The van der Waals surface area contributed by atoms with E-state index < -0.39 is 0 Å². The third-order valence-corrected chi connectivity index (χ3v) is 4.35. The lowest BCUT2D eigenvalue weighted by Gasteiger charge is -2.18. The van der Waals surface area contributed by atoms with Crippen LogP contribution in [0.3, 0.4) is 0 Å². The lowest BCUT2D eigenvalue weighted by atomic mass is 9.98. The second kappa shape index (κ2) is 7.07. The molecule has 0 spiro atoms.